The Morgan fingerprint density at radius 1 is 0.257 bits per heavy atom. The Balaban J connectivity index is 4.06. The number of allylic oxidation sites excluding steroid dienone is 4. The second-order valence-electron chi connectivity index (χ2n) is 22.7. The fraction of sp³-hybridized carbons (Fsp3) is 0.897. The molecular weight excluding hydrogens is 913 g/mol. The lowest BCUT2D eigenvalue weighted by atomic mass is 10.0. The van der Waals surface area contributed by atoms with Gasteiger partial charge in [0.1, 0.15) is 13.2 Å². The van der Waals surface area contributed by atoms with Crippen molar-refractivity contribution in [1.29, 1.82) is 0 Å². The normalized spacial score (nSPS) is 12.1. The van der Waals surface area contributed by atoms with Crippen LogP contribution in [0.4, 0.5) is 0 Å². The molecule has 0 aliphatic carbocycles. The molecule has 0 aliphatic rings. The van der Waals surface area contributed by atoms with Crippen molar-refractivity contribution in [3.05, 3.63) is 24.3 Å². The maximum atomic E-state index is 12.8. The van der Waals surface area contributed by atoms with Crippen LogP contribution in [0.15, 0.2) is 24.3 Å². The minimum atomic E-state index is -0.770. The molecule has 0 amide bonds. The largest absolute Gasteiger partial charge is 0.462 e. The van der Waals surface area contributed by atoms with E-state index in [4.69, 9.17) is 14.2 Å². The van der Waals surface area contributed by atoms with Gasteiger partial charge in [-0.15, -0.1) is 0 Å². The monoisotopic (exact) mass is 1040 g/mol. The molecule has 1 unspecified atom stereocenters. The molecular formula is C68H128O6. The lowest BCUT2D eigenvalue weighted by molar-refractivity contribution is -0.167. The number of carbonyl (C=O) groups excluding carboxylic acids is 3. The van der Waals surface area contributed by atoms with Crippen molar-refractivity contribution in [1.82, 2.24) is 0 Å². The van der Waals surface area contributed by atoms with E-state index in [0.29, 0.717) is 19.3 Å². The van der Waals surface area contributed by atoms with Gasteiger partial charge in [-0.1, -0.05) is 308 Å². The van der Waals surface area contributed by atoms with E-state index >= 15 is 0 Å². The fourth-order valence-corrected chi connectivity index (χ4v) is 10.1. The van der Waals surface area contributed by atoms with Crippen LogP contribution in [0.25, 0.3) is 0 Å². The van der Waals surface area contributed by atoms with Gasteiger partial charge in [0, 0.05) is 19.3 Å². The van der Waals surface area contributed by atoms with E-state index in [1.165, 1.54) is 270 Å². The predicted octanol–water partition coefficient (Wildman–Crippen LogP) is 22.6. The zero-order chi connectivity index (χ0) is 53.6. The van der Waals surface area contributed by atoms with Crippen molar-refractivity contribution in [2.75, 3.05) is 13.2 Å². The zero-order valence-electron chi connectivity index (χ0n) is 50.1. The number of ether oxygens (including phenoxy) is 3. The highest BCUT2D eigenvalue weighted by molar-refractivity contribution is 5.71. The summed E-state index contributed by atoms with van der Waals surface area (Å²) in [5.74, 6) is -0.853. The van der Waals surface area contributed by atoms with Gasteiger partial charge in [-0.2, -0.15) is 0 Å². The lowest BCUT2D eigenvalue weighted by Gasteiger charge is -2.18. The highest BCUT2D eigenvalue weighted by Crippen LogP contribution is 2.18. The second kappa shape index (κ2) is 63.4. The number of hydrogen-bond donors (Lipinski definition) is 0. The third kappa shape index (κ3) is 60.8. The first-order valence-corrected chi connectivity index (χ1v) is 33.3. The van der Waals surface area contributed by atoms with E-state index in [-0.39, 0.29) is 31.1 Å². The Labute approximate surface area is 462 Å². The Kier molecular flexibility index (Phi) is 61.6. The summed E-state index contributed by atoms with van der Waals surface area (Å²) < 4.78 is 16.9. The molecule has 0 saturated carbocycles. The summed E-state index contributed by atoms with van der Waals surface area (Å²) in [6, 6.07) is 0. The minimum Gasteiger partial charge on any atom is -0.462 e. The molecule has 0 rings (SSSR count). The third-order valence-electron chi connectivity index (χ3n) is 15.2. The van der Waals surface area contributed by atoms with Crippen LogP contribution in [0.1, 0.15) is 374 Å². The Morgan fingerprint density at radius 2 is 0.446 bits per heavy atom. The van der Waals surface area contributed by atoms with Crippen molar-refractivity contribution in [2.24, 2.45) is 0 Å². The molecule has 0 aromatic heterocycles. The molecule has 0 aromatic carbocycles. The molecule has 6 nitrogen and oxygen atoms in total. The van der Waals surface area contributed by atoms with Crippen molar-refractivity contribution >= 4 is 17.9 Å². The smallest absolute Gasteiger partial charge is 0.306 e. The molecule has 0 fully saturated rings. The summed E-state index contributed by atoms with van der Waals surface area (Å²) in [7, 11) is 0. The molecule has 0 aromatic rings. The predicted molar refractivity (Wildman–Crippen MR) is 321 cm³/mol. The summed E-state index contributed by atoms with van der Waals surface area (Å²) in [5, 5.41) is 0. The number of carbonyl (C=O) groups is 3. The van der Waals surface area contributed by atoms with Crippen LogP contribution < -0.4 is 0 Å². The van der Waals surface area contributed by atoms with E-state index in [0.717, 1.165) is 64.2 Å². The van der Waals surface area contributed by atoms with Crippen molar-refractivity contribution in [2.45, 2.75) is 380 Å². The van der Waals surface area contributed by atoms with Crippen LogP contribution >= 0.6 is 0 Å². The van der Waals surface area contributed by atoms with Gasteiger partial charge < -0.3 is 14.2 Å². The molecule has 0 aliphatic heterocycles. The summed E-state index contributed by atoms with van der Waals surface area (Å²) >= 11 is 0. The van der Waals surface area contributed by atoms with Crippen molar-refractivity contribution in [3.8, 4) is 0 Å². The van der Waals surface area contributed by atoms with Crippen LogP contribution in [0, 0.1) is 0 Å². The van der Waals surface area contributed by atoms with Crippen LogP contribution in [-0.4, -0.2) is 37.2 Å². The second-order valence-corrected chi connectivity index (χ2v) is 22.7. The van der Waals surface area contributed by atoms with Crippen LogP contribution in [0.5, 0.6) is 0 Å². The zero-order valence-corrected chi connectivity index (χ0v) is 50.1. The highest BCUT2D eigenvalue weighted by atomic mass is 16.6. The first-order valence-electron chi connectivity index (χ1n) is 33.3. The molecule has 0 bridgehead atoms. The molecule has 74 heavy (non-hydrogen) atoms. The third-order valence-corrected chi connectivity index (χ3v) is 15.2. The van der Waals surface area contributed by atoms with Gasteiger partial charge in [-0.05, 0) is 70.6 Å². The first-order chi connectivity index (χ1) is 36.5. The number of esters is 3. The summed E-state index contributed by atoms with van der Waals surface area (Å²) in [4.78, 5) is 38.2. The molecule has 0 radical (unpaired) electrons. The van der Waals surface area contributed by atoms with E-state index in [2.05, 4.69) is 45.1 Å². The van der Waals surface area contributed by atoms with Gasteiger partial charge in [0.15, 0.2) is 6.10 Å². The molecule has 0 saturated heterocycles. The summed E-state index contributed by atoms with van der Waals surface area (Å²) in [6.07, 6.45) is 76.4. The van der Waals surface area contributed by atoms with Gasteiger partial charge in [0.25, 0.3) is 0 Å². The average molecular weight is 1040 g/mol. The van der Waals surface area contributed by atoms with Crippen molar-refractivity contribution < 1.29 is 28.6 Å². The molecule has 0 N–H and O–H groups in total. The Hall–Kier alpha value is -2.11. The average Bonchev–Trinajstić information content (AvgIpc) is 3.40. The summed E-state index contributed by atoms with van der Waals surface area (Å²) in [6.45, 7) is 6.67. The van der Waals surface area contributed by atoms with Gasteiger partial charge >= 0.3 is 17.9 Å². The van der Waals surface area contributed by atoms with Crippen LogP contribution in [-0.2, 0) is 28.6 Å². The number of rotatable bonds is 62. The lowest BCUT2D eigenvalue weighted by Crippen LogP contribution is -2.30. The minimum absolute atomic E-state index is 0.0688. The van der Waals surface area contributed by atoms with Gasteiger partial charge in [-0.3, -0.25) is 14.4 Å². The highest BCUT2D eigenvalue weighted by Gasteiger charge is 2.19. The molecule has 436 valence electrons. The van der Waals surface area contributed by atoms with Gasteiger partial charge in [0.2, 0.25) is 0 Å². The topological polar surface area (TPSA) is 78.9 Å². The number of hydrogen-bond acceptors (Lipinski definition) is 6. The van der Waals surface area contributed by atoms with E-state index in [9.17, 15) is 14.4 Å². The fourth-order valence-electron chi connectivity index (χ4n) is 10.1. The van der Waals surface area contributed by atoms with Gasteiger partial charge in [-0.25, -0.2) is 0 Å². The van der Waals surface area contributed by atoms with E-state index in [1.54, 1.807) is 0 Å². The molecule has 1 atom stereocenters. The Bertz CT molecular complexity index is 1190. The van der Waals surface area contributed by atoms with E-state index in [1.807, 2.05) is 0 Å². The van der Waals surface area contributed by atoms with Gasteiger partial charge in [0.05, 0.1) is 0 Å². The Morgan fingerprint density at radius 3 is 0.689 bits per heavy atom. The van der Waals surface area contributed by atoms with Crippen LogP contribution in [0.2, 0.25) is 0 Å². The molecule has 0 heterocycles. The maximum Gasteiger partial charge on any atom is 0.306 e. The maximum absolute atomic E-state index is 12.8. The van der Waals surface area contributed by atoms with Crippen molar-refractivity contribution in [3.63, 3.8) is 0 Å². The molecule has 6 heteroatoms. The first kappa shape index (κ1) is 71.9. The molecule has 0 spiro atoms. The standard InChI is InChI=1S/C68H128O6/c1-4-7-10-13-16-19-22-25-26-27-28-29-30-31-32-33-34-35-36-37-38-39-40-41-42-44-46-49-52-55-58-61-67(70)73-64-65(63-72-66(69)60-57-54-51-48-45-24-21-18-15-12-9-6-3)74-68(71)62-59-56-53-50-47-43-23-20-17-14-11-8-5-2/h20,23,27-28,65H,4-19,21-22,24-26,29-64H2,1-3H3/b23-20-,28-27-. The number of unbranched alkanes of at least 4 members (excludes halogenated alkanes) is 47. The summed E-state index contributed by atoms with van der Waals surface area (Å²) in [5.41, 5.74) is 0. The van der Waals surface area contributed by atoms with Crippen LogP contribution in [0.3, 0.4) is 0 Å². The van der Waals surface area contributed by atoms with E-state index < -0.39 is 6.10 Å². The quantitative estimate of drug-likeness (QED) is 0.0261. The SMILES string of the molecule is CCCCCC/C=C\CCCCCCCC(=O)OC(COC(=O)CCCCCCCCCCCCCC)COC(=O)CCCCCCCCCCCCCCCCCCCCC/C=C\CCCCCCCCCC.